The molecule has 1 unspecified atom stereocenters. The Morgan fingerprint density at radius 1 is 1.17 bits per heavy atom. The summed E-state index contributed by atoms with van der Waals surface area (Å²) in [5.74, 6) is -1.31. The highest BCUT2D eigenvalue weighted by Crippen LogP contribution is 2.27. The number of pyridine rings is 1. The smallest absolute Gasteiger partial charge is 0.129 e. The molecule has 2 nitrogen and oxygen atoms in total. The number of aliphatic hydroxyl groups is 1. The van der Waals surface area contributed by atoms with Crippen molar-refractivity contribution >= 4 is 0 Å². The molecule has 1 aromatic carbocycles. The minimum atomic E-state index is -1.36. The summed E-state index contributed by atoms with van der Waals surface area (Å²) in [7, 11) is 0. The van der Waals surface area contributed by atoms with E-state index in [1.165, 1.54) is 31.3 Å². The lowest BCUT2D eigenvalue weighted by atomic mass is 9.90. The van der Waals surface area contributed by atoms with Crippen LogP contribution in [0.5, 0.6) is 0 Å². The molecule has 1 heterocycles. The van der Waals surface area contributed by atoms with Crippen LogP contribution in [0.2, 0.25) is 0 Å². The summed E-state index contributed by atoms with van der Waals surface area (Å²) < 4.78 is 27.1. The molecule has 0 aliphatic rings. The molecular formula is C14H13F2NO. The van der Waals surface area contributed by atoms with Crippen LogP contribution in [0.3, 0.4) is 0 Å². The van der Waals surface area contributed by atoms with Crippen molar-refractivity contribution < 1.29 is 13.9 Å². The molecule has 0 saturated carbocycles. The molecule has 4 heteroatoms. The summed E-state index contributed by atoms with van der Waals surface area (Å²) >= 11 is 0. The average Bonchev–Trinajstić information content (AvgIpc) is 2.35. The van der Waals surface area contributed by atoms with Gasteiger partial charge < -0.3 is 5.11 Å². The lowest BCUT2D eigenvalue weighted by Crippen LogP contribution is -2.25. The van der Waals surface area contributed by atoms with Crippen molar-refractivity contribution in [2.75, 3.05) is 0 Å². The maximum absolute atomic E-state index is 13.5. The Bertz CT molecular complexity index is 520. The number of rotatable bonds is 3. The van der Waals surface area contributed by atoms with E-state index in [9.17, 15) is 13.9 Å². The van der Waals surface area contributed by atoms with E-state index in [0.29, 0.717) is 5.56 Å². The van der Waals surface area contributed by atoms with Crippen LogP contribution in [0.25, 0.3) is 0 Å². The van der Waals surface area contributed by atoms with Crippen LogP contribution in [-0.2, 0) is 12.0 Å². The molecule has 0 aliphatic heterocycles. The molecule has 0 spiro atoms. The average molecular weight is 249 g/mol. The molecule has 1 N–H and O–H groups in total. The first-order chi connectivity index (χ1) is 8.50. The molecule has 0 fully saturated rings. The second-order valence-electron chi connectivity index (χ2n) is 4.39. The number of aromatic nitrogens is 1. The second-order valence-corrected chi connectivity index (χ2v) is 4.39. The predicted molar refractivity (Wildman–Crippen MR) is 63.9 cm³/mol. The van der Waals surface area contributed by atoms with E-state index in [0.717, 1.165) is 0 Å². The van der Waals surface area contributed by atoms with Gasteiger partial charge in [-0.2, -0.15) is 0 Å². The van der Waals surface area contributed by atoms with Gasteiger partial charge >= 0.3 is 0 Å². The molecule has 0 aliphatic carbocycles. The fraction of sp³-hybridized carbons (Fsp3) is 0.214. The summed E-state index contributed by atoms with van der Waals surface area (Å²) in [5, 5.41) is 10.3. The van der Waals surface area contributed by atoms with Gasteiger partial charge in [0.15, 0.2) is 0 Å². The first kappa shape index (κ1) is 12.6. The largest absolute Gasteiger partial charge is 0.385 e. The fourth-order valence-electron chi connectivity index (χ4n) is 1.83. The monoisotopic (exact) mass is 249 g/mol. The van der Waals surface area contributed by atoms with Gasteiger partial charge in [0.2, 0.25) is 0 Å². The highest BCUT2D eigenvalue weighted by molar-refractivity contribution is 5.26. The highest BCUT2D eigenvalue weighted by Gasteiger charge is 2.26. The Hall–Kier alpha value is -1.81. The van der Waals surface area contributed by atoms with E-state index in [1.807, 2.05) is 0 Å². The van der Waals surface area contributed by atoms with Crippen molar-refractivity contribution in [2.24, 2.45) is 0 Å². The lowest BCUT2D eigenvalue weighted by molar-refractivity contribution is 0.0553. The van der Waals surface area contributed by atoms with E-state index >= 15 is 0 Å². The normalized spacial score (nSPS) is 14.2. The van der Waals surface area contributed by atoms with E-state index in [1.54, 1.807) is 18.3 Å². The Kier molecular flexibility index (Phi) is 3.39. The molecular weight excluding hydrogens is 236 g/mol. The Morgan fingerprint density at radius 2 is 1.83 bits per heavy atom. The third kappa shape index (κ3) is 2.54. The van der Waals surface area contributed by atoms with Gasteiger partial charge in [0, 0.05) is 29.9 Å². The number of nitrogens with zero attached hydrogens (tertiary/aromatic N) is 1. The van der Waals surface area contributed by atoms with Crippen LogP contribution in [0.4, 0.5) is 8.78 Å². The molecule has 2 aromatic rings. The van der Waals surface area contributed by atoms with E-state index in [4.69, 9.17) is 0 Å². The molecule has 18 heavy (non-hydrogen) atoms. The summed E-state index contributed by atoms with van der Waals surface area (Å²) in [5.41, 5.74) is -0.962. The molecule has 2 rings (SSSR count). The molecule has 1 aromatic heterocycles. The van der Waals surface area contributed by atoms with Gasteiger partial charge in [0.1, 0.15) is 11.6 Å². The van der Waals surface area contributed by atoms with Crippen molar-refractivity contribution in [3.05, 3.63) is 65.5 Å². The number of hydrogen-bond acceptors (Lipinski definition) is 2. The quantitative estimate of drug-likeness (QED) is 0.907. The molecule has 0 bridgehead atoms. The number of halogens is 2. The Balaban J connectivity index is 2.34. The van der Waals surface area contributed by atoms with Crippen LogP contribution in [0.1, 0.15) is 18.1 Å². The van der Waals surface area contributed by atoms with Crippen molar-refractivity contribution in [3.63, 3.8) is 0 Å². The fourth-order valence-corrected chi connectivity index (χ4v) is 1.83. The zero-order valence-electron chi connectivity index (χ0n) is 9.90. The van der Waals surface area contributed by atoms with Crippen LogP contribution in [-0.4, -0.2) is 10.1 Å². The molecule has 1 atom stereocenters. The maximum Gasteiger partial charge on any atom is 0.129 e. The van der Waals surface area contributed by atoms with Crippen LogP contribution in [0, 0.1) is 11.6 Å². The predicted octanol–water partition coefficient (Wildman–Crippen LogP) is 2.81. The minimum absolute atomic E-state index is 0.119. The van der Waals surface area contributed by atoms with Gasteiger partial charge in [-0.05, 0) is 25.1 Å². The van der Waals surface area contributed by atoms with Crippen molar-refractivity contribution in [2.45, 2.75) is 18.9 Å². The van der Waals surface area contributed by atoms with Crippen molar-refractivity contribution in [3.8, 4) is 0 Å². The van der Waals surface area contributed by atoms with Gasteiger partial charge in [-0.1, -0.05) is 12.1 Å². The van der Waals surface area contributed by atoms with Crippen LogP contribution in [0.15, 0.2) is 42.7 Å². The number of hydrogen-bond donors (Lipinski definition) is 1. The standard InChI is InChI=1S/C14H13F2NO/c1-14(18,10-4-3-7-17-9-10)8-11-12(15)5-2-6-13(11)16/h2-7,9,18H,8H2,1H3. The first-order valence-corrected chi connectivity index (χ1v) is 5.56. The third-order valence-corrected chi connectivity index (χ3v) is 2.87. The van der Waals surface area contributed by atoms with E-state index in [2.05, 4.69) is 4.98 Å². The van der Waals surface area contributed by atoms with E-state index < -0.39 is 17.2 Å². The Labute approximate surface area is 104 Å². The van der Waals surface area contributed by atoms with Crippen LogP contribution < -0.4 is 0 Å². The topological polar surface area (TPSA) is 33.1 Å². The highest BCUT2D eigenvalue weighted by atomic mass is 19.1. The molecule has 0 saturated heterocycles. The summed E-state index contributed by atoms with van der Waals surface area (Å²) in [6.07, 6.45) is 2.92. The SMILES string of the molecule is CC(O)(Cc1c(F)cccc1F)c1cccnc1. The summed E-state index contributed by atoms with van der Waals surface area (Å²) in [6.45, 7) is 1.51. The second kappa shape index (κ2) is 4.82. The zero-order chi connectivity index (χ0) is 13.2. The van der Waals surface area contributed by atoms with Gasteiger partial charge in [-0.25, -0.2) is 8.78 Å². The van der Waals surface area contributed by atoms with Gasteiger partial charge in [0.05, 0.1) is 5.60 Å². The Morgan fingerprint density at radius 3 is 2.39 bits per heavy atom. The third-order valence-electron chi connectivity index (χ3n) is 2.87. The lowest BCUT2D eigenvalue weighted by Gasteiger charge is -2.24. The summed E-state index contributed by atoms with van der Waals surface area (Å²) in [6, 6.07) is 7.00. The summed E-state index contributed by atoms with van der Waals surface area (Å²) in [4.78, 5) is 3.89. The van der Waals surface area contributed by atoms with Gasteiger partial charge in [-0.15, -0.1) is 0 Å². The van der Waals surface area contributed by atoms with Crippen molar-refractivity contribution in [1.29, 1.82) is 0 Å². The van der Waals surface area contributed by atoms with Gasteiger partial charge in [-0.3, -0.25) is 4.98 Å². The van der Waals surface area contributed by atoms with Crippen LogP contribution >= 0.6 is 0 Å². The first-order valence-electron chi connectivity index (χ1n) is 5.56. The minimum Gasteiger partial charge on any atom is -0.385 e. The molecule has 0 radical (unpaired) electrons. The molecule has 94 valence electrons. The van der Waals surface area contributed by atoms with E-state index in [-0.39, 0.29) is 12.0 Å². The maximum atomic E-state index is 13.5. The zero-order valence-corrected chi connectivity index (χ0v) is 9.90. The van der Waals surface area contributed by atoms with Gasteiger partial charge in [0.25, 0.3) is 0 Å². The molecule has 0 amide bonds. The number of benzene rings is 1. The van der Waals surface area contributed by atoms with Crippen molar-refractivity contribution in [1.82, 2.24) is 4.98 Å².